The number of benzene rings is 1. The fourth-order valence-corrected chi connectivity index (χ4v) is 3.14. The number of hydrogen-bond donors (Lipinski definition) is 1. The number of rotatable bonds is 5. The zero-order valence-electron chi connectivity index (χ0n) is 14.4. The summed E-state index contributed by atoms with van der Waals surface area (Å²) in [4.78, 5) is 11.1. The van der Waals surface area contributed by atoms with E-state index >= 15 is 0 Å². The smallest absolute Gasteiger partial charge is 0.387 e. The monoisotopic (exact) mass is 348 g/mol. The fraction of sp³-hybridized carbons (Fsp3) is 0.444. The van der Waals surface area contributed by atoms with Gasteiger partial charge in [0.2, 0.25) is 5.95 Å². The summed E-state index contributed by atoms with van der Waals surface area (Å²) >= 11 is 0. The Morgan fingerprint density at radius 1 is 1.16 bits per heavy atom. The van der Waals surface area contributed by atoms with Crippen LogP contribution in [0.2, 0.25) is 0 Å². The average molecular weight is 348 g/mol. The molecule has 0 saturated carbocycles. The third-order valence-electron chi connectivity index (χ3n) is 4.16. The minimum absolute atomic E-state index is 0.175. The summed E-state index contributed by atoms with van der Waals surface area (Å²) in [6, 6.07) is 8.96. The highest BCUT2D eigenvalue weighted by Crippen LogP contribution is 2.24. The van der Waals surface area contributed by atoms with E-state index in [0.29, 0.717) is 5.95 Å². The highest BCUT2D eigenvalue weighted by Gasteiger charge is 2.21. The van der Waals surface area contributed by atoms with E-state index in [1.807, 2.05) is 32.0 Å². The molecule has 2 aromatic rings. The molecule has 1 atom stereocenters. The second-order valence-electron chi connectivity index (χ2n) is 6.28. The quantitative estimate of drug-likeness (QED) is 0.891. The van der Waals surface area contributed by atoms with Crippen molar-refractivity contribution < 1.29 is 13.5 Å². The Hall–Kier alpha value is -2.44. The molecule has 1 aromatic heterocycles. The molecule has 25 heavy (non-hydrogen) atoms. The van der Waals surface area contributed by atoms with Gasteiger partial charge in [0.05, 0.1) is 0 Å². The van der Waals surface area contributed by atoms with E-state index in [9.17, 15) is 8.78 Å². The lowest BCUT2D eigenvalue weighted by atomic mass is 10.0. The van der Waals surface area contributed by atoms with Gasteiger partial charge in [-0.25, -0.2) is 9.97 Å². The lowest BCUT2D eigenvalue weighted by molar-refractivity contribution is -0.0498. The number of ether oxygens (including phenoxy) is 1. The molecule has 1 aromatic carbocycles. The lowest BCUT2D eigenvalue weighted by Crippen LogP contribution is -2.42. The second-order valence-corrected chi connectivity index (χ2v) is 6.28. The molecule has 0 aliphatic carbocycles. The largest absolute Gasteiger partial charge is 0.435 e. The van der Waals surface area contributed by atoms with Crippen LogP contribution in [0.4, 0.5) is 20.4 Å². The molecule has 5 nitrogen and oxygen atoms in total. The Bertz CT molecular complexity index is 688. The van der Waals surface area contributed by atoms with Crippen LogP contribution >= 0.6 is 0 Å². The van der Waals surface area contributed by atoms with Crippen molar-refractivity contribution in [3.63, 3.8) is 0 Å². The van der Waals surface area contributed by atoms with E-state index in [4.69, 9.17) is 0 Å². The summed E-state index contributed by atoms with van der Waals surface area (Å²) < 4.78 is 28.9. The highest BCUT2D eigenvalue weighted by atomic mass is 19.3. The maximum atomic E-state index is 12.2. The van der Waals surface area contributed by atoms with Gasteiger partial charge in [-0.05, 0) is 57.0 Å². The predicted octanol–water partition coefficient (Wildman–Crippen LogP) is 3.78. The first-order chi connectivity index (χ1) is 12.0. The maximum absolute atomic E-state index is 12.2. The Labute approximate surface area is 146 Å². The summed E-state index contributed by atoms with van der Waals surface area (Å²) in [7, 11) is 0. The molecular weight excluding hydrogens is 326 g/mol. The number of aryl methyl sites for hydroxylation is 2. The number of aromatic nitrogens is 2. The van der Waals surface area contributed by atoms with Crippen molar-refractivity contribution in [1.29, 1.82) is 0 Å². The van der Waals surface area contributed by atoms with Crippen molar-refractivity contribution in [1.82, 2.24) is 9.97 Å². The van der Waals surface area contributed by atoms with E-state index in [1.165, 1.54) is 0 Å². The van der Waals surface area contributed by atoms with Crippen LogP contribution in [0.3, 0.4) is 0 Å². The van der Waals surface area contributed by atoms with E-state index in [0.717, 1.165) is 43.0 Å². The molecule has 1 N–H and O–H groups in total. The minimum Gasteiger partial charge on any atom is -0.435 e. The van der Waals surface area contributed by atoms with Gasteiger partial charge in [0, 0.05) is 36.2 Å². The zero-order valence-corrected chi connectivity index (χ0v) is 14.4. The van der Waals surface area contributed by atoms with Crippen LogP contribution < -0.4 is 15.0 Å². The molecule has 1 aliphatic rings. The molecule has 1 aliphatic heterocycles. The SMILES string of the molecule is Cc1cc(C)nc(NC2CCCN(c3ccc(OC(F)F)cc3)C2)n1. The molecule has 3 rings (SSSR count). The number of nitrogens with zero attached hydrogens (tertiary/aromatic N) is 3. The molecule has 134 valence electrons. The minimum atomic E-state index is -2.80. The molecular formula is C18H22F2N4O. The van der Waals surface area contributed by atoms with E-state index < -0.39 is 6.61 Å². The van der Waals surface area contributed by atoms with Crippen LogP contribution in [-0.2, 0) is 0 Å². The van der Waals surface area contributed by atoms with E-state index in [2.05, 4.69) is 24.9 Å². The molecule has 0 spiro atoms. The third-order valence-corrected chi connectivity index (χ3v) is 4.16. The summed E-state index contributed by atoms with van der Waals surface area (Å²) in [5, 5.41) is 3.41. The van der Waals surface area contributed by atoms with Gasteiger partial charge >= 0.3 is 6.61 Å². The predicted molar refractivity (Wildman–Crippen MR) is 93.4 cm³/mol. The first-order valence-corrected chi connectivity index (χ1v) is 8.38. The summed E-state index contributed by atoms with van der Waals surface area (Å²) in [5.74, 6) is 0.833. The molecule has 0 amide bonds. The third kappa shape index (κ3) is 4.78. The Morgan fingerprint density at radius 2 is 1.84 bits per heavy atom. The van der Waals surface area contributed by atoms with Gasteiger partial charge in [-0.1, -0.05) is 0 Å². The lowest BCUT2D eigenvalue weighted by Gasteiger charge is -2.35. The van der Waals surface area contributed by atoms with Crippen LogP contribution in [0.1, 0.15) is 24.2 Å². The van der Waals surface area contributed by atoms with Crippen molar-refractivity contribution in [2.24, 2.45) is 0 Å². The maximum Gasteiger partial charge on any atom is 0.387 e. The van der Waals surface area contributed by atoms with Gasteiger partial charge < -0.3 is 15.0 Å². The second kappa shape index (κ2) is 7.63. The van der Waals surface area contributed by atoms with Gasteiger partial charge in [0.15, 0.2) is 0 Å². The number of alkyl halides is 2. The van der Waals surface area contributed by atoms with Crippen molar-refractivity contribution in [3.8, 4) is 5.75 Å². The van der Waals surface area contributed by atoms with Crippen molar-refractivity contribution in [2.45, 2.75) is 39.3 Å². The first-order valence-electron chi connectivity index (χ1n) is 8.38. The van der Waals surface area contributed by atoms with Crippen molar-refractivity contribution in [2.75, 3.05) is 23.3 Å². The molecule has 1 saturated heterocycles. The van der Waals surface area contributed by atoms with Crippen LogP contribution in [0.5, 0.6) is 5.75 Å². The Balaban J connectivity index is 1.64. The number of hydrogen-bond acceptors (Lipinski definition) is 5. The average Bonchev–Trinajstić information content (AvgIpc) is 2.54. The van der Waals surface area contributed by atoms with Crippen LogP contribution in [0.25, 0.3) is 0 Å². The number of nitrogens with one attached hydrogen (secondary N) is 1. The van der Waals surface area contributed by atoms with E-state index in [-0.39, 0.29) is 11.8 Å². The molecule has 7 heteroatoms. The van der Waals surface area contributed by atoms with Gasteiger partial charge in [-0.15, -0.1) is 0 Å². The van der Waals surface area contributed by atoms with Gasteiger partial charge in [-0.3, -0.25) is 0 Å². The fourth-order valence-electron chi connectivity index (χ4n) is 3.14. The Morgan fingerprint density at radius 3 is 2.48 bits per heavy atom. The normalized spacial score (nSPS) is 17.6. The molecule has 0 radical (unpaired) electrons. The van der Waals surface area contributed by atoms with Crippen molar-refractivity contribution >= 4 is 11.6 Å². The standard InChI is InChI=1S/C18H22F2N4O/c1-12-10-13(2)22-18(21-12)23-14-4-3-9-24(11-14)15-5-7-16(8-6-15)25-17(19)20/h5-8,10,14,17H,3-4,9,11H2,1-2H3,(H,21,22,23). The van der Waals surface area contributed by atoms with E-state index in [1.54, 1.807) is 12.1 Å². The summed E-state index contributed by atoms with van der Waals surface area (Å²) in [6.45, 7) is 2.85. The highest BCUT2D eigenvalue weighted by molar-refractivity contribution is 5.50. The zero-order chi connectivity index (χ0) is 17.8. The van der Waals surface area contributed by atoms with Crippen LogP contribution in [-0.4, -0.2) is 35.7 Å². The van der Waals surface area contributed by atoms with Gasteiger partial charge in [0.25, 0.3) is 0 Å². The number of piperidine rings is 1. The molecule has 1 unspecified atom stereocenters. The molecule has 0 bridgehead atoms. The molecule has 1 fully saturated rings. The first kappa shape index (κ1) is 17.4. The van der Waals surface area contributed by atoms with Crippen molar-refractivity contribution in [3.05, 3.63) is 41.7 Å². The topological polar surface area (TPSA) is 50.3 Å². The van der Waals surface area contributed by atoms with Gasteiger partial charge in [0.1, 0.15) is 5.75 Å². The summed E-state index contributed by atoms with van der Waals surface area (Å²) in [6.07, 6.45) is 2.08. The van der Waals surface area contributed by atoms with Crippen LogP contribution in [0, 0.1) is 13.8 Å². The summed E-state index contributed by atoms with van der Waals surface area (Å²) in [5.41, 5.74) is 2.88. The number of halogens is 2. The Kier molecular flexibility index (Phi) is 5.31. The van der Waals surface area contributed by atoms with Gasteiger partial charge in [-0.2, -0.15) is 8.78 Å². The number of anilines is 2. The molecule has 2 heterocycles. The van der Waals surface area contributed by atoms with Crippen LogP contribution in [0.15, 0.2) is 30.3 Å².